The summed E-state index contributed by atoms with van der Waals surface area (Å²) in [6.45, 7) is 4.91. The summed E-state index contributed by atoms with van der Waals surface area (Å²) < 4.78 is 6.05. The Hall–Kier alpha value is -2.24. The van der Waals surface area contributed by atoms with Crippen LogP contribution in [0.25, 0.3) is 0 Å². The second-order valence-electron chi connectivity index (χ2n) is 6.47. The maximum Gasteiger partial charge on any atom is 0.243 e. The van der Waals surface area contributed by atoms with Crippen LogP contribution >= 0.6 is 0 Å². The molecule has 0 spiro atoms. The van der Waals surface area contributed by atoms with Crippen LogP contribution < -0.4 is 10.1 Å². The minimum atomic E-state index is 0.0121. The van der Waals surface area contributed by atoms with Gasteiger partial charge in [0, 0.05) is 46.6 Å². The molecular formula is C19H30N4O2. The van der Waals surface area contributed by atoms with Gasteiger partial charge in [-0.25, -0.2) is 4.99 Å². The molecule has 138 valence electrons. The number of carbonyl (C=O) groups is 1. The number of amides is 1. The number of para-hydroxylation sites is 1. The van der Waals surface area contributed by atoms with Crippen LogP contribution in [0.4, 0.5) is 0 Å². The lowest BCUT2D eigenvalue weighted by atomic mass is 10.1. The predicted molar refractivity (Wildman–Crippen MR) is 101 cm³/mol. The van der Waals surface area contributed by atoms with Crippen LogP contribution in [-0.4, -0.2) is 68.0 Å². The molecule has 2 rings (SSSR count). The van der Waals surface area contributed by atoms with Gasteiger partial charge in [0.15, 0.2) is 5.96 Å². The van der Waals surface area contributed by atoms with Crippen LogP contribution in [0.3, 0.4) is 0 Å². The predicted octanol–water partition coefficient (Wildman–Crippen LogP) is 1.97. The molecule has 1 N–H and O–H groups in total. The van der Waals surface area contributed by atoms with Crippen LogP contribution in [-0.2, 0) is 4.79 Å². The number of likely N-dealkylation sites (N-methyl/N-ethyl adjacent to an activating group) is 1. The van der Waals surface area contributed by atoms with Gasteiger partial charge in [-0.3, -0.25) is 4.79 Å². The Morgan fingerprint density at radius 1 is 1.28 bits per heavy atom. The van der Waals surface area contributed by atoms with Crippen molar-refractivity contribution in [1.82, 2.24) is 15.1 Å². The molecule has 1 aliphatic heterocycles. The number of hydrogen-bond acceptors (Lipinski definition) is 3. The number of aliphatic imine (C=N–C) groups is 1. The highest BCUT2D eigenvalue weighted by Crippen LogP contribution is 2.18. The van der Waals surface area contributed by atoms with E-state index in [4.69, 9.17) is 4.74 Å². The second kappa shape index (κ2) is 9.91. The summed E-state index contributed by atoms with van der Waals surface area (Å²) in [5.41, 5.74) is 0. The molecule has 25 heavy (non-hydrogen) atoms. The topological polar surface area (TPSA) is 57.2 Å². The van der Waals surface area contributed by atoms with Crippen molar-refractivity contribution >= 4 is 11.9 Å². The van der Waals surface area contributed by atoms with Gasteiger partial charge in [-0.2, -0.15) is 0 Å². The Kier molecular flexibility index (Phi) is 7.57. The third-order valence-corrected chi connectivity index (χ3v) is 4.18. The monoisotopic (exact) mass is 346 g/mol. The first-order valence-corrected chi connectivity index (χ1v) is 9.05. The highest BCUT2D eigenvalue weighted by molar-refractivity contribution is 5.84. The minimum Gasteiger partial charge on any atom is -0.490 e. The molecule has 0 bridgehead atoms. The van der Waals surface area contributed by atoms with Crippen molar-refractivity contribution in [2.75, 3.05) is 40.3 Å². The summed E-state index contributed by atoms with van der Waals surface area (Å²) in [6.07, 6.45) is 3.15. The summed E-state index contributed by atoms with van der Waals surface area (Å²) >= 11 is 0. The third-order valence-electron chi connectivity index (χ3n) is 4.18. The number of ether oxygens (including phenoxy) is 1. The van der Waals surface area contributed by atoms with Crippen molar-refractivity contribution in [2.45, 2.75) is 32.3 Å². The van der Waals surface area contributed by atoms with E-state index >= 15 is 0 Å². The number of guanidine groups is 1. The smallest absolute Gasteiger partial charge is 0.243 e. The third kappa shape index (κ3) is 6.29. The molecule has 0 aromatic heterocycles. The molecule has 1 fully saturated rings. The van der Waals surface area contributed by atoms with Gasteiger partial charge in [0.25, 0.3) is 0 Å². The number of likely N-dealkylation sites (tertiary alicyclic amines) is 1. The number of rotatable bonds is 6. The van der Waals surface area contributed by atoms with Crippen molar-refractivity contribution in [3.05, 3.63) is 30.3 Å². The highest BCUT2D eigenvalue weighted by atomic mass is 16.5. The highest BCUT2D eigenvalue weighted by Gasteiger charge is 2.23. The van der Waals surface area contributed by atoms with E-state index in [1.165, 1.54) is 0 Å². The minimum absolute atomic E-state index is 0.0121. The summed E-state index contributed by atoms with van der Waals surface area (Å²) in [5.74, 6) is 1.77. The summed E-state index contributed by atoms with van der Waals surface area (Å²) in [6, 6.07) is 9.97. The van der Waals surface area contributed by atoms with Gasteiger partial charge in [-0.1, -0.05) is 25.1 Å². The molecule has 0 atom stereocenters. The largest absolute Gasteiger partial charge is 0.490 e. The van der Waals surface area contributed by atoms with Gasteiger partial charge in [0.1, 0.15) is 18.4 Å². The normalized spacial score (nSPS) is 15.8. The van der Waals surface area contributed by atoms with Gasteiger partial charge < -0.3 is 19.9 Å². The first-order valence-electron chi connectivity index (χ1n) is 9.05. The molecule has 6 nitrogen and oxygen atoms in total. The fourth-order valence-corrected chi connectivity index (χ4v) is 2.67. The molecule has 0 unspecified atom stereocenters. The van der Waals surface area contributed by atoms with E-state index in [0.29, 0.717) is 0 Å². The number of nitrogens with one attached hydrogen (secondary N) is 1. The van der Waals surface area contributed by atoms with E-state index in [-0.39, 0.29) is 18.6 Å². The van der Waals surface area contributed by atoms with Crippen LogP contribution in [0.2, 0.25) is 0 Å². The van der Waals surface area contributed by atoms with E-state index in [1.54, 1.807) is 19.0 Å². The van der Waals surface area contributed by atoms with Crippen molar-refractivity contribution in [1.29, 1.82) is 0 Å². The molecule has 1 saturated heterocycles. The van der Waals surface area contributed by atoms with E-state index in [0.717, 1.165) is 50.6 Å². The Morgan fingerprint density at radius 2 is 1.96 bits per heavy atom. The summed E-state index contributed by atoms with van der Waals surface area (Å²) in [5, 5.41) is 3.36. The van der Waals surface area contributed by atoms with Crippen LogP contribution in [0.15, 0.2) is 35.3 Å². The van der Waals surface area contributed by atoms with E-state index < -0.39 is 0 Å². The first-order chi connectivity index (χ1) is 12.1. The zero-order valence-corrected chi connectivity index (χ0v) is 15.6. The fourth-order valence-electron chi connectivity index (χ4n) is 2.67. The Morgan fingerprint density at radius 3 is 2.56 bits per heavy atom. The maximum absolute atomic E-state index is 11.8. The van der Waals surface area contributed by atoms with Gasteiger partial charge >= 0.3 is 0 Å². The van der Waals surface area contributed by atoms with E-state index in [2.05, 4.69) is 22.1 Å². The molecular weight excluding hydrogens is 316 g/mol. The molecule has 1 heterocycles. The number of benzene rings is 1. The number of nitrogens with zero attached hydrogens (tertiary/aromatic N) is 3. The Balaban J connectivity index is 1.89. The molecule has 0 aliphatic carbocycles. The second-order valence-corrected chi connectivity index (χ2v) is 6.47. The fraction of sp³-hybridized carbons (Fsp3) is 0.579. The zero-order valence-electron chi connectivity index (χ0n) is 15.6. The molecule has 1 aliphatic rings. The standard InChI is InChI=1S/C19H30N4O2/c1-4-12-20-19(21-15-18(24)22(2)3)23-13-10-17(11-14-23)25-16-8-6-5-7-9-16/h5-9,17H,4,10-15H2,1-3H3,(H,20,21). The average Bonchev–Trinajstić information content (AvgIpc) is 2.63. The molecule has 1 aromatic carbocycles. The number of hydrogen-bond donors (Lipinski definition) is 1. The van der Waals surface area contributed by atoms with Crippen LogP contribution in [0.5, 0.6) is 5.75 Å². The molecule has 0 saturated carbocycles. The molecule has 0 radical (unpaired) electrons. The van der Waals surface area contributed by atoms with Gasteiger partial charge in [0.05, 0.1) is 0 Å². The molecule has 1 aromatic rings. The van der Waals surface area contributed by atoms with Crippen LogP contribution in [0, 0.1) is 0 Å². The van der Waals surface area contributed by atoms with Crippen molar-refractivity contribution < 1.29 is 9.53 Å². The lowest BCUT2D eigenvalue weighted by Gasteiger charge is -2.34. The van der Waals surface area contributed by atoms with Crippen molar-refractivity contribution in [3.8, 4) is 5.75 Å². The average molecular weight is 346 g/mol. The van der Waals surface area contributed by atoms with Crippen LogP contribution in [0.1, 0.15) is 26.2 Å². The Labute approximate surface area is 150 Å². The lowest BCUT2D eigenvalue weighted by Crippen LogP contribution is -2.48. The van der Waals surface area contributed by atoms with Crippen molar-refractivity contribution in [3.63, 3.8) is 0 Å². The maximum atomic E-state index is 11.8. The summed E-state index contributed by atoms with van der Waals surface area (Å²) in [4.78, 5) is 20.1. The van der Waals surface area contributed by atoms with Gasteiger partial charge in [-0.05, 0) is 18.6 Å². The quantitative estimate of drug-likeness (QED) is 0.632. The number of carbonyl (C=O) groups excluding carboxylic acids is 1. The molecule has 6 heteroatoms. The van der Waals surface area contributed by atoms with Gasteiger partial charge in [0.2, 0.25) is 5.91 Å². The lowest BCUT2D eigenvalue weighted by molar-refractivity contribution is -0.127. The van der Waals surface area contributed by atoms with Crippen molar-refractivity contribution in [2.24, 2.45) is 4.99 Å². The first kappa shape index (κ1) is 19.1. The van der Waals surface area contributed by atoms with E-state index in [1.807, 2.05) is 30.3 Å². The zero-order chi connectivity index (χ0) is 18.1. The molecule has 1 amide bonds. The number of piperidine rings is 1. The Bertz CT molecular complexity index is 552. The van der Waals surface area contributed by atoms with Gasteiger partial charge in [-0.15, -0.1) is 0 Å². The van der Waals surface area contributed by atoms with E-state index in [9.17, 15) is 4.79 Å². The SMILES string of the molecule is CCCNC(=NCC(=O)N(C)C)N1CCC(Oc2ccccc2)CC1. The summed E-state index contributed by atoms with van der Waals surface area (Å²) in [7, 11) is 3.51.